The predicted molar refractivity (Wildman–Crippen MR) is 131 cm³/mol. The molecule has 0 spiro atoms. The molecule has 184 valence electrons. The number of methoxy groups -OCH3 is 1. The summed E-state index contributed by atoms with van der Waals surface area (Å²) < 4.78 is 16.6. The molecule has 1 aromatic rings. The lowest BCUT2D eigenvalue weighted by molar-refractivity contribution is -0.141. The molecule has 0 saturated carbocycles. The average molecular weight is 460 g/mol. The SMILES string of the molecule is CCCCCC[C@@H]1OC(=O)C[C@H]1[C@H](/C=C\N(C(=O)OC(C)(C)C)c1ccc(OC)cc1)CC. The number of anilines is 1. The maximum Gasteiger partial charge on any atom is 0.418 e. The minimum absolute atomic E-state index is 0.0556. The number of cyclic esters (lactones) is 1. The van der Waals surface area contributed by atoms with Crippen molar-refractivity contribution in [3.63, 3.8) is 0 Å². The topological polar surface area (TPSA) is 65.1 Å². The molecule has 2 rings (SSSR count). The van der Waals surface area contributed by atoms with Gasteiger partial charge >= 0.3 is 12.1 Å². The van der Waals surface area contributed by atoms with E-state index in [4.69, 9.17) is 14.2 Å². The zero-order chi connectivity index (χ0) is 24.4. The number of hydrogen-bond acceptors (Lipinski definition) is 5. The van der Waals surface area contributed by atoms with E-state index in [2.05, 4.69) is 13.8 Å². The number of nitrogens with zero attached hydrogens (tertiary/aromatic N) is 1. The first-order valence-electron chi connectivity index (χ1n) is 12.2. The Morgan fingerprint density at radius 2 is 1.88 bits per heavy atom. The van der Waals surface area contributed by atoms with Gasteiger partial charge in [0.2, 0.25) is 0 Å². The molecule has 1 heterocycles. The molecule has 6 heteroatoms. The Kier molecular flexibility index (Phi) is 10.3. The van der Waals surface area contributed by atoms with E-state index in [9.17, 15) is 9.59 Å². The van der Waals surface area contributed by atoms with E-state index in [1.54, 1.807) is 13.3 Å². The van der Waals surface area contributed by atoms with Crippen molar-refractivity contribution in [2.75, 3.05) is 12.0 Å². The Morgan fingerprint density at radius 3 is 2.45 bits per heavy atom. The van der Waals surface area contributed by atoms with Crippen LogP contribution in [0.15, 0.2) is 36.5 Å². The van der Waals surface area contributed by atoms with E-state index in [-0.39, 0.29) is 23.9 Å². The van der Waals surface area contributed by atoms with Gasteiger partial charge in [-0.1, -0.05) is 39.2 Å². The summed E-state index contributed by atoms with van der Waals surface area (Å²) in [6.45, 7) is 9.84. The standard InChI is InChI=1S/C27H41NO5/c1-7-9-10-11-12-24-23(19-25(29)32-24)20(8-2)17-18-28(26(30)33-27(3,4)5)21-13-15-22(31-6)16-14-21/h13-18,20,23-24H,7-12,19H2,1-6H3/b18-17-/t20-,23-,24-/m0/s1. The number of ether oxygens (including phenoxy) is 3. The molecular formula is C27H41NO5. The summed E-state index contributed by atoms with van der Waals surface area (Å²) in [4.78, 5) is 26.6. The lowest BCUT2D eigenvalue weighted by Crippen LogP contribution is -2.34. The number of rotatable bonds is 11. The molecule has 0 bridgehead atoms. The maximum atomic E-state index is 13.0. The molecule has 1 aliphatic heterocycles. The zero-order valence-electron chi connectivity index (χ0n) is 21.1. The molecule has 0 aromatic heterocycles. The summed E-state index contributed by atoms with van der Waals surface area (Å²) in [6.07, 6.45) is 10.1. The van der Waals surface area contributed by atoms with Crippen molar-refractivity contribution in [2.45, 2.75) is 91.3 Å². The second-order valence-corrected chi connectivity index (χ2v) is 9.71. The fourth-order valence-corrected chi connectivity index (χ4v) is 4.19. The van der Waals surface area contributed by atoms with Crippen molar-refractivity contribution < 1.29 is 23.8 Å². The third-order valence-corrected chi connectivity index (χ3v) is 5.95. The summed E-state index contributed by atoms with van der Waals surface area (Å²) in [5.41, 5.74) is 0.0702. The van der Waals surface area contributed by atoms with Crippen molar-refractivity contribution in [2.24, 2.45) is 11.8 Å². The minimum Gasteiger partial charge on any atom is -0.497 e. The van der Waals surface area contributed by atoms with Gasteiger partial charge in [-0.05, 0) is 70.2 Å². The van der Waals surface area contributed by atoms with Crippen LogP contribution in [0.1, 0.15) is 79.6 Å². The molecule has 3 atom stereocenters. The van der Waals surface area contributed by atoms with Gasteiger partial charge in [0.05, 0.1) is 19.2 Å². The van der Waals surface area contributed by atoms with E-state index in [1.165, 1.54) is 17.7 Å². The highest BCUT2D eigenvalue weighted by Gasteiger charge is 2.38. The maximum absolute atomic E-state index is 13.0. The van der Waals surface area contributed by atoms with E-state index in [1.807, 2.05) is 51.1 Å². The average Bonchev–Trinajstić information content (AvgIpc) is 3.13. The highest BCUT2D eigenvalue weighted by molar-refractivity contribution is 5.90. The first kappa shape index (κ1) is 26.7. The minimum atomic E-state index is -0.616. The monoisotopic (exact) mass is 459 g/mol. The molecule has 0 radical (unpaired) electrons. The number of unbranched alkanes of at least 4 members (excludes halogenated alkanes) is 3. The lowest BCUT2D eigenvalue weighted by Gasteiger charge is -2.27. The molecule has 0 aliphatic carbocycles. The summed E-state index contributed by atoms with van der Waals surface area (Å²) in [5.74, 6) is 0.838. The van der Waals surface area contributed by atoms with Crippen molar-refractivity contribution in [3.05, 3.63) is 36.5 Å². The van der Waals surface area contributed by atoms with Gasteiger partial charge in [0.1, 0.15) is 17.5 Å². The van der Waals surface area contributed by atoms with Gasteiger partial charge in [-0.15, -0.1) is 0 Å². The number of esters is 1. The van der Waals surface area contributed by atoms with Crippen LogP contribution in [0.2, 0.25) is 0 Å². The first-order chi connectivity index (χ1) is 15.7. The number of hydrogen-bond donors (Lipinski definition) is 0. The summed E-state index contributed by atoms with van der Waals surface area (Å²) in [7, 11) is 1.61. The van der Waals surface area contributed by atoms with Crippen LogP contribution in [0.4, 0.5) is 10.5 Å². The number of carbonyl (C=O) groups is 2. The smallest absolute Gasteiger partial charge is 0.418 e. The Balaban J connectivity index is 2.22. The van der Waals surface area contributed by atoms with Crippen LogP contribution in [-0.4, -0.2) is 30.9 Å². The first-order valence-corrected chi connectivity index (χ1v) is 12.2. The van der Waals surface area contributed by atoms with Gasteiger partial charge in [-0.25, -0.2) is 4.79 Å². The van der Waals surface area contributed by atoms with Crippen LogP contribution < -0.4 is 9.64 Å². The summed E-state index contributed by atoms with van der Waals surface area (Å²) in [6, 6.07) is 7.28. The number of benzene rings is 1. The third kappa shape index (κ3) is 8.41. The number of amides is 1. The van der Waals surface area contributed by atoms with Crippen LogP contribution in [0.25, 0.3) is 0 Å². The highest BCUT2D eigenvalue weighted by Crippen LogP contribution is 2.35. The Hall–Kier alpha value is -2.50. The van der Waals surface area contributed by atoms with Gasteiger partial charge in [-0.3, -0.25) is 9.69 Å². The fraction of sp³-hybridized carbons (Fsp3) is 0.630. The summed E-state index contributed by atoms with van der Waals surface area (Å²) >= 11 is 0. The molecule has 1 aliphatic rings. The third-order valence-electron chi connectivity index (χ3n) is 5.95. The molecule has 1 saturated heterocycles. The van der Waals surface area contributed by atoms with E-state index >= 15 is 0 Å². The molecular weight excluding hydrogens is 418 g/mol. The van der Waals surface area contributed by atoms with Gasteiger partial charge in [0.15, 0.2) is 0 Å². The highest BCUT2D eigenvalue weighted by atomic mass is 16.6. The van der Waals surface area contributed by atoms with Crippen LogP contribution in [-0.2, 0) is 14.3 Å². The molecule has 1 amide bonds. The molecule has 0 N–H and O–H groups in total. The van der Waals surface area contributed by atoms with Gasteiger partial charge < -0.3 is 14.2 Å². The van der Waals surface area contributed by atoms with Gasteiger partial charge in [-0.2, -0.15) is 0 Å². The fourth-order valence-electron chi connectivity index (χ4n) is 4.19. The second-order valence-electron chi connectivity index (χ2n) is 9.71. The lowest BCUT2D eigenvalue weighted by atomic mass is 9.83. The van der Waals surface area contributed by atoms with Gasteiger partial charge in [0.25, 0.3) is 0 Å². The van der Waals surface area contributed by atoms with Gasteiger partial charge in [0, 0.05) is 12.1 Å². The van der Waals surface area contributed by atoms with Crippen molar-refractivity contribution in [1.82, 2.24) is 0 Å². The predicted octanol–water partition coefficient (Wildman–Crippen LogP) is 6.88. The van der Waals surface area contributed by atoms with Crippen molar-refractivity contribution >= 4 is 17.7 Å². The van der Waals surface area contributed by atoms with Crippen molar-refractivity contribution in [3.8, 4) is 5.75 Å². The van der Waals surface area contributed by atoms with E-state index < -0.39 is 11.7 Å². The molecule has 0 unspecified atom stereocenters. The van der Waals surface area contributed by atoms with E-state index in [0.29, 0.717) is 17.9 Å². The van der Waals surface area contributed by atoms with E-state index in [0.717, 1.165) is 25.7 Å². The molecule has 1 aromatic carbocycles. The zero-order valence-corrected chi connectivity index (χ0v) is 21.1. The van der Waals surface area contributed by atoms with Crippen molar-refractivity contribution in [1.29, 1.82) is 0 Å². The molecule has 6 nitrogen and oxygen atoms in total. The van der Waals surface area contributed by atoms with Crippen LogP contribution >= 0.6 is 0 Å². The largest absolute Gasteiger partial charge is 0.497 e. The Bertz CT molecular complexity index is 781. The van der Waals surface area contributed by atoms with Crippen LogP contribution in [0.5, 0.6) is 5.75 Å². The van der Waals surface area contributed by atoms with Crippen LogP contribution in [0.3, 0.4) is 0 Å². The van der Waals surface area contributed by atoms with Crippen LogP contribution in [0, 0.1) is 11.8 Å². The molecule has 1 fully saturated rings. The second kappa shape index (κ2) is 12.7. The Labute approximate surface area is 199 Å². The number of carbonyl (C=O) groups excluding carboxylic acids is 2. The Morgan fingerprint density at radius 1 is 1.18 bits per heavy atom. The quantitative estimate of drug-likeness (QED) is 0.267. The molecule has 33 heavy (non-hydrogen) atoms. The number of allylic oxidation sites excluding steroid dienone is 1. The summed E-state index contributed by atoms with van der Waals surface area (Å²) in [5, 5.41) is 0. The normalized spacial score (nSPS) is 19.4.